The molecule has 0 saturated carbocycles. The van der Waals surface area contributed by atoms with Gasteiger partial charge in [-0.3, -0.25) is 9.59 Å². The third kappa shape index (κ3) is 5.14. The molecule has 206 valence electrons. The molecule has 40 heavy (non-hydrogen) atoms. The van der Waals surface area contributed by atoms with Crippen LogP contribution in [-0.2, 0) is 9.59 Å². The summed E-state index contributed by atoms with van der Waals surface area (Å²) < 4.78 is 10.9. The Balaban J connectivity index is 1.57. The van der Waals surface area contributed by atoms with E-state index in [0.29, 0.717) is 35.5 Å². The van der Waals surface area contributed by atoms with Crippen LogP contribution in [0.4, 0.5) is 5.69 Å². The van der Waals surface area contributed by atoms with E-state index in [0.717, 1.165) is 44.9 Å². The van der Waals surface area contributed by atoms with Crippen LogP contribution in [0.5, 0.6) is 11.5 Å². The molecule has 3 aromatic rings. The lowest BCUT2D eigenvalue weighted by Crippen LogP contribution is -2.37. The summed E-state index contributed by atoms with van der Waals surface area (Å²) in [6, 6.07) is 19.8. The first-order valence-corrected chi connectivity index (χ1v) is 13.6. The zero-order valence-corrected chi connectivity index (χ0v) is 24.0. The first-order chi connectivity index (χ1) is 19.2. The highest BCUT2D eigenvalue weighted by atomic mass is 16.5. The van der Waals surface area contributed by atoms with Crippen LogP contribution in [0, 0.1) is 20.8 Å². The number of ketones is 1. The van der Waals surface area contributed by atoms with Crippen molar-refractivity contribution >= 4 is 17.4 Å². The number of amides is 1. The first-order valence-electron chi connectivity index (χ1n) is 13.6. The van der Waals surface area contributed by atoms with Gasteiger partial charge in [-0.1, -0.05) is 47.5 Å². The van der Waals surface area contributed by atoms with Crippen molar-refractivity contribution in [2.75, 3.05) is 19.5 Å². The average Bonchev–Trinajstić information content (AvgIpc) is 2.94. The number of hydrogen-bond acceptors (Lipinski definition) is 5. The van der Waals surface area contributed by atoms with Crippen molar-refractivity contribution < 1.29 is 19.1 Å². The highest BCUT2D eigenvalue weighted by Gasteiger charge is 2.41. The Kier molecular flexibility index (Phi) is 7.53. The summed E-state index contributed by atoms with van der Waals surface area (Å²) in [5.41, 5.74) is 8.88. The van der Waals surface area contributed by atoms with E-state index in [-0.39, 0.29) is 17.6 Å². The molecule has 0 saturated heterocycles. The predicted molar refractivity (Wildman–Crippen MR) is 158 cm³/mol. The predicted octanol–water partition coefficient (Wildman–Crippen LogP) is 6.63. The molecular weight excluding hydrogens is 500 g/mol. The van der Waals surface area contributed by atoms with E-state index in [4.69, 9.17) is 9.47 Å². The van der Waals surface area contributed by atoms with Gasteiger partial charge in [0.05, 0.1) is 14.2 Å². The number of anilines is 1. The van der Waals surface area contributed by atoms with E-state index in [1.54, 1.807) is 14.2 Å². The first kappa shape index (κ1) is 27.3. The number of methoxy groups -OCH3 is 2. The molecule has 2 aliphatic rings. The van der Waals surface area contributed by atoms with Crippen molar-refractivity contribution in [3.8, 4) is 11.5 Å². The van der Waals surface area contributed by atoms with Gasteiger partial charge in [0.15, 0.2) is 17.3 Å². The molecule has 6 heteroatoms. The quantitative estimate of drug-likeness (QED) is 0.370. The van der Waals surface area contributed by atoms with Crippen LogP contribution in [0.3, 0.4) is 0 Å². The standard InChI is InChI=1S/C34H36N2O4/c1-19-8-12-25(13-9-19)36-34(38)31-22(4)35-27-16-24(23-11-14-29(39-5)30(18-23)40-6)17-28(37)33(27)32(31)26-15-20(2)7-10-21(26)3/h7-15,18,24,32,35H,16-17H2,1-6H3,(H,36,38)/t24-,32+/m1/s1. The summed E-state index contributed by atoms with van der Waals surface area (Å²) in [6.45, 7) is 8.02. The Hall–Kier alpha value is -4.32. The fraction of sp³-hybridized carbons (Fsp3) is 0.294. The number of hydrogen-bond donors (Lipinski definition) is 2. The van der Waals surface area contributed by atoms with Crippen LogP contribution in [-0.4, -0.2) is 25.9 Å². The van der Waals surface area contributed by atoms with Crippen LogP contribution in [0.2, 0.25) is 0 Å². The second-order valence-corrected chi connectivity index (χ2v) is 10.8. The number of rotatable bonds is 6. The Morgan fingerprint density at radius 1 is 0.850 bits per heavy atom. The highest BCUT2D eigenvalue weighted by Crippen LogP contribution is 2.47. The number of carbonyl (C=O) groups excluding carboxylic acids is 2. The van der Waals surface area contributed by atoms with Crippen LogP contribution >= 0.6 is 0 Å². The summed E-state index contributed by atoms with van der Waals surface area (Å²) >= 11 is 0. The van der Waals surface area contributed by atoms with Crippen LogP contribution in [0.1, 0.15) is 59.4 Å². The molecule has 6 nitrogen and oxygen atoms in total. The van der Waals surface area contributed by atoms with Crippen molar-refractivity contribution in [1.29, 1.82) is 0 Å². The summed E-state index contributed by atoms with van der Waals surface area (Å²) in [6.07, 6.45) is 1.01. The van der Waals surface area contributed by atoms with Gasteiger partial charge < -0.3 is 20.1 Å². The van der Waals surface area contributed by atoms with E-state index in [9.17, 15) is 9.59 Å². The van der Waals surface area contributed by atoms with Gasteiger partial charge in [-0.25, -0.2) is 0 Å². The summed E-state index contributed by atoms with van der Waals surface area (Å²) in [5.74, 6) is 0.660. The fourth-order valence-electron chi connectivity index (χ4n) is 5.90. The number of allylic oxidation sites excluding steroid dienone is 3. The second kappa shape index (κ2) is 11.0. The van der Waals surface area contributed by atoms with Crippen LogP contribution in [0.25, 0.3) is 0 Å². The number of aryl methyl sites for hydroxylation is 3. The van der Waals surface area contributed by atoms with E-state index in [1.807, 2.05) is 70.2 Å². The normalized spacial score (nSPS) is 18.7. The molecule has 1 aliphatic heterocycles. The van der Waals surface area contributed by atoms with Crippen molar-refractivity contribution in [2.24, 2.45) is 0 Å². The minimum absolute atomic E-state index is 0.0199. The Morgan fingerprint density at radius 2 is 1.55 bits per heavy atom. The molecule has 1 amide bonds. The van der Waals surface area contributed by atoms with Gasteiger partial charge in [0.25, 0.3) is 5.91 Å². The van der Waals surface area contributed by atoms with Gasteiger partial charge in [-0.2, -0.15) is 0 Å². The smallest absolute Gasteiger partial charge is 0.254 e. The van der Waals surface area contributed by atoms with Gasteiger partial charge in [0, 0.05) is 40.6 Å². The molecule has 0 aromatic heterocycles. The molecule has 3 aromatic carbocycles. The summed E-state index contributed by atoms with van der Waals surface area (Å²) in [4.78, 5) is 27.9. The number of dihydropyridines is 1. The molecule has 1 heterocycles. The molecule has 2 N–H and O–H groups in total. The maximum absolute atomic E-state index is 14.0. The lowest BCUT2D eigenvalue weighted by molar-refractivity contribution is -0.116. The fourth-order valence-corrected chi connectivity index (χ4v) is 5.90. The lowest BCUT2D eigenvalue weighted by Gasteiger charge is -2.37. The van der Waals surface area contributed by atoms with Crippen LogP contribution < -0.4 is 20.1 Å². The SMILES string of the molecule is COc1ccc([C@H]2CC(=O)C3=C(C2)NC(C)=C(C(=O)Nc2ccc(C)cc2)[C@@H]3c2cc(C)ccc2C)cc1OC. The monoisotopic (exact) mass is 536 g/mol. The zero-order chi connectivity index (χ0) is 28.6. The number of Topliss-reactive ketones (excluding diaryl/α,β-unsaturated/α-hetero) is 1. The van der Waals surface area contributed by atoms with Crippen LogP contribution in [0.15, 0.2) is 83.2 Å². The van der Waals surface area contributed by atoms with Gasteiger partial charge >= 0.3 is 0 Å². The molecule has 0 spiro atoms. The number of ether oxygens (including phenoxy) is 2. The number of benzene rings is 3. The minimum Gasteiger partial charge on any atom is -0.493 e. The maximum Gasteiger partial charge on any atom is 0.254 e. The van der Waals surface area contributed by atoms with Crippen molar-refractivity contribution in [3.05, 3.63) is 111 Å². The third-order valence-electron chi connectivity index (χ3n) is 8.01. The highest BCUT2D eigenvalue weighted by molar-refractivity contribution is 6.10. The van der Waals surface area contributed by atoms with Gasteiger partial charge in [-0.15, -0.1) is 0 Å². The summed E-state index contributed by atoms with van der Waals surface area (Å²) in [7, 11) is 3.23. The molecule has 0 unspecified atom stereocenters. The Labute approximate surface area is 236 Å². The topological polar surface area (TPSA) is 76.7 Å². The van der Waals surface area contributed by atoms with Gasteiger partial charge in [0.2, 0.25) is 0 Å². The summed E-state index contributed by atoms with van der Waals surface area (Å²) in [5, 5.41) is 6.56. The largest absolute Gasteiger partial charge is 0.493 e. The van der Waals surface area contributed by atoms with Crippen molar-refractivity contribution in [3.63, 3.8) is 0 Å². The van der Waals surface area contributed by atoms with Gasteiger partial charge in [-0.05, 0) is 81.0 Å². The number of carbonyl (C=O) groups is 2. The third-order valence-corrected chi connectivity index (χ3v) is 8.01. The van der Waals surface area contributed by atoms with Crippen molar-refractivity contribution in [1.82, 2.24) is 5.32 Å². The minimum atomic E-state index is -0.458. The molecule has 1 aliphatic carbocycles. The van der Waals surface area contributed by atoms with E-state index in [2.05, 4.69) is 28.8 Å². The molecule has 0 fully saturated rings. The lowest BCUT2D eigenvalue weighted by atomic mass is 9.70. The molecular formula is C34H36N2O4. The Bertz CT molecular complexity index is 1550. The van der Waals surface area contributed by atoms with E-state index >= 15 is 0 Å². The molecule has 0 bridgehead atoms. The van der Waals surface area contributed by atoms with E-state index < -0.39 is 5.92 Å². The van der Waals surface area contributed by atoms with Gasteiger partial charge in [0.1, 0.15) is 0 Å². The van der Waals surface area contributed by atoms with E-state index in [1.165, 1.54) is 0 Å². The second-order valence-electron chi connectivity index (χ2n) is 10.8. The molecule has 5 rings (SSSR count). The molecule has 2 atom stereocenters. The number of nitrogens with one attached hydrogen (secondary N) is 2. The van der Waals surface area contributed by atoms with Crippen molar-refractivity contribution in [2.45, 2.75) is 52.4 Å². The molecule has 0 radical (unpaired) electrons. The Morgan fingerprint density at radius 3 is 2.25 bits per heavy atom. The maximum atomic E-state index is 14.0. The zero-order valence-electron chi connectivity index (χ0n) is 24.0. The average molecular weight is 537 g/mol.